The summed E-state index contributed by atoms with van der Waals surface area (Å²) in [7, 11) is 0. The summed E-state index contributed by atoms with van der Waals surface area (Å²) in [6.45, 7) is 10.3. The molecular weight excluding hydrogens is 531 g/mol. The third kappa shape index (κ3) is 9.01. The molecule has 7 heteroatoms. The quantitative estimate of drug-likeness (QED) is 0.265. The van der Waals surface area contributed by atoms with Gasteiger partial charge < -0.3 is 15.0 Å². The number of rotatable bonds is 11. The lowest BCUT2D eigenvalue weighted by Crippen LogP contribution is -2.53. The molecule has 5 nitrogen and oxygen atoms in total. The average Bonchev–Trinajstić information content (AvgIpc) is 2.90. The van der Waals surface area contributed by atoms with Crippen LogP contribution in [0.15, 0.2) is 72.8 Å². The number of halogens is 2. The minimum Gasteiger partial charge on any atom is -0.484 e. The van der Waals surface area contributed by atoms with Crippen molar-refractivity contribution in [1.82, 2.24) is 10.2 Å². The minimum absolute atomic E-state index is 0.0106. The van der Waals surface area contributed by atoms with E-state index in [0.29, 0.717) is 27.8 Å². The molecule has 0 aliphatic carbocycles. The third-order valence-corrected chi connectivity index (χ3v) is 7.30. The number of carbonyl (C=O) groups is 2. The second-order valence-electron chi connectivity index (χ2n) is 10.8. The number of hydrogen-bond donors (Lipinski definition) is 1. The van der Waals surface area contributed by atoms with Crippen molar-refractivity contribution in [2.24, 2.45) is 0 Å². The van der Waals surface area contributed by atoms with E-state index in [4.69, 9.17) is 27.9 Å². The highest BCUT2D eigenvalue weighted by molar-refractivity contribution is 6.35. The third-order valence-electron chi connectivity index (χ3n) is 6.71. The predicted molar refractivity (Wildman–Crippen MR) is 159 cm³/mol. The van der Waals surface area contributed by atoms with Crippen molar-refractivity contribution in [3.05, 3.63) is 99.5 Å². The van der Waals surface area contributed by atoms with Crippen LogP contribution >= 0.6 is 23.2 Å². The van der Waals surface area contributed by atoms with Gasteiger partial charge in [0.05, 0.1) is 0 Å². The van der Waals surface area contributed by atoms with Gasteiger partial charge in [-0.1, -0.05) is 99.4 Å². The average molecular weight is 570 g/mol. The Morgan fingerprint density at radius 2 is 1.64 bits per heavy atom. The number of amides is 2. The van der Waals surface area contributed by atoms with Gasteiger partial charge in [0.2, 0.25) is 5.91 Å². The van der Waals surface area contributed by atoms with E-state index < -0.39 is 6.04 Å². The number of nitrogens with one attached hydrogen (secondary N) is 1. The lowest BCUT2D eigenvalue weighted by atomic mass is 9.87. The van der Waals surface area contributed by atoms with Crippen LogP contribution in [0.5, 0.6) is 5.75 Å². The van der Waals surface area contributed by atoms with Crippen molar-refractivity contribution in [3.63, 3.8) is 0 Å². The van der Waals surface area contributed by atoms with Crippen molar-refractivity contribution in [1.29, 1.82) is 0 Å². The van der Waals surface area contributed by atoms with E-state index in [1.807, 2.05) is 68.4 Å². The molecule has 1 N–H and O–H groups in total. The molecular formula is C32H38Cl2N2O3. The van der Waals surface area contributed by atoms with Crippen LogP contribution in [0, 0.1) is 0 Å². The van der Waals surface area contributed by atoms with Gasteiger partial charge in [-0.2, -0.15) is 0 Å². The van der Waals surface area contributed by atoms with E-state index >= 15 is 0 Å². The van der Waals surface area contributed by atoms with Gasteiger partial charge in [-0.15, -0.1) is 0 Å². The predicted octanol–water partition coefficient (Wildman–Crippen LogP) is 7.22. The van der Waals surface area contributed by atoms with Crippen LogP contribution < -0.4 is 10.1 Å². The fourth-order valence-electron chi connectivity index (χ4n) is 4.11. The summed E-state index contributed by atoms with van der Waals surface area (Å²) in [6, 6.07) is 21.8. The number of benzene rings is 3. The monoisotopic (exact) mass is 568 g/mol. The van der Waals surface area contributed by atoms with Gasteiger partial charge in [0.15, 0.2) is 6.61 Å². The van der Waals surface area contributed by atoms with E-state index in [1.165, 1.54) is 5.56 Å². The first kappa shape index (κ1) is 30.5. The molecule has 0 aliphatic rings. The van der Waals surface area contributed by atoms with Gasteiger partial charge >= 0.3 is 0 Å². The molecule has 208 valence electrons. The fourth-order valence-corrected chi connectivity index (χ4v) is 4.58. The summed E-state index contributed by atoms with van der Waals surface area (Å²) in [6.07, 6.45) is 1.12. The van der Waals surface area contributed by atoms with Crippen LogP contribution in [-0.4, -0.2) is 35.4 Å². The SMILES string of the molecule is CC[C@H](C)NC(=O)[C@H](Cc1ccccc1)N(Cc1ccc(Cl)cc1Cl)C(=O)COc1ccc(C(C)(C)C)cc1. The van der Waals surface area contributed by atoms with Crippen molar-refractivity contribution < 1.29 is 14.3 Å². The Morgan fingerprint density at radius 3 is 2.23 bits per heavy atom. The zero-order valence-corrected chi connectivity index (χ0v) is 24.9. The molecule has 0 spiro atoms. The molecule has 3 rings (SSSR count). The smallest absolute Gasteiger partial charge is 0.261 e. The summed E-state index contributed by atoms with van der Waals surface area (Å²) < 4.78 is 5.91. The van der Waals surface area contributed by atoms with Gasteiger partial charge in [0.1, 0.15) is 11.8 Å². The van der Waals surface area contributed by atoms with Gasteiger partial charge in [-0.3, -0.25) is 9.59 Å². The zero-order chi connectivity index (χ0) is 28.6. The van der Waals surface area contributed by atoms with Crippen LogP contribution in [0.25, 0.3) is 0 Å². The zero-order valence-electron chi connectivity index (χ0n) is 23.3. The summed E-state index contributed by atoms with van der Waals surface area (Å²) >= 11 is 12.6. The van der Waals surface area contributed by atoms with Crippen molar-refractivity contribution in [2.75, 3.05) is 6.61 Å². The number of ether oxygens (including phenoxy) is 1. The molecule has 0 heterocycles. The van der Waals surface area contributed by atoms with Crippen molar-refractivity contribution in [3.8, 4) is 5.75 Å². The first-order chi connectivity index (χ1) is 18.5. The normalized spacial score (nSPS) is 12.9. The molecule has 2 atom stereocenters. The Kier molecular flexibility index (Phi) is 10.8. The molecule has 0 bridgehead atoms. The second-order valence-corrected chi connectivity index (χ2v) is 11.7. The van der Waals surface area contributed by atoms with Gasteiger partial charge in [0.25, 0.3) is 5.91 Å². The lowest BCUT2D eigenvalue weighted by Gasteiger charge is -2.32. The lowest BCUT2D eigenvalue weighted by molar-refractivity contribution is -0.143. The Labute approximate surface area is 242 Å². The number of carbonyl (C=O) groups excluding carboxylic acids is 2. The molecule has 0 saturated heterocycles. The topological polar surface area (TPSA) is 58.6 Å². The van der Waals surface area contributed by atoms with Crippen molar-refractivity contribution >= 4 is 35.0 Å². The Morgan fingerprint density at radius 1 is 0.974 bits per heavy atom. The first-order valence-electron chi connectivity index (χ1n) is 13.3. The van der Waals surface area contributed by atoms with E-state index in [9.17, 15) is 9.59 Å². The molecule has 3 aromatic carbocycles. The van der Waals surface area contributed by atoms with Crippen LogP contribution in [0.1, 0.15) is 57.7 Å². The van der Waals surface area contributed by atoms with E-state index in [-0.39, 0.29) is 36.4 Å². The van der Waals surface area contributed by atoms with Crippen LogP contribution in [0.2, 0.25) is 10.0 Å². The van der Waals surface area contributed by atoms with Crippen LogP contribution in [0.3, 0.4) is 0 Å². The van der Waals surface area contributed by atoms with Crippen LogP contribution in [-0.2, 0) is 28.0 Å². The Bertz CT molecular complexity index is 1240. The maximum absolute atomic E-state index is 13.8. The molecule has 0 fully saturated rings. The maximum atomic E-state index is 13.8. The molecule has 0 saturated carbocycles. The van der Waals surface area contributed by atoms with Crippen molar-refractivity contribution in [2.45, 2.75) is 71.5 Å². The molecule has 39 heavy (non-hydrogen) atoms. The molecule has 0 unspecified atom stereocenters. The molecule has 0 aliphatic heterocycles. The van der Waals surface area contributed by atoms with Gasteiger partial charge in [0, 0.05) is 29.1 Å². The molecule has 0 radical (unpaired) electrons. The Hall–Kier alpha value is -3.02. The van der Waals surface area contributed by atoms with Crippen LogP contribution in [0.4, 0.5) is 0 Å². The fraction of sp³-hybridized carbons (Fsp3) is 0.375. The maximum Gasteiger partial charge on any atom is 0.261 e. The van der Waals surface area contributed by atoms with E-state index in [1.54, 1.807) is 23.1 Å². The second kappa shape index (κ2) is 13.9. The molecule has 0 aromatic heterocycles. The largest absolute Gasteiger partial charge is 0.484 e. The minimum atomic E-state index is -0.771. The number of nitrogens with zero attached hydrogens (tertiary/aromatic N) is 1. The van der Waals surface area contributed by atoms with E-state index in [2.05, 4.69) is 26.1 Å². The highest BCUT2D eigenvalue weighted by atomic mass is 35.5. The Balaban J connectivity index is 1.92. The standard InChI is InChI=1S/C32H38Cl2N2O3/c1-6-22(2)35-31(38)29(18-23-10-8-7-9-11-23)36(20-24-12-15-26(33)19-28(24)34)30(37)21-39-27-16-13-25(14-17-27)32(3,4)5/h7-17,19,22,29H,6,18,20-21H2,1-5H3,(H,35,38)/t22-,29-/m0/s1. The highest BCUT2D eigenvalue weighted by Gasteiger charge is 2.31. The summed E-state index contributed by atoms with van der Waals surface area (Å²) in [5.41, 5.74) is 2.82. The van der Waals surface area contributed by atoms with Gasteiger partial charge in [-0.05, 0) is 59.7 Å². The molecule has 3 aromatic rings. The summed E-state index contributed by atoms with van der Waals surface area (Å²) in [4.78, 5) is 28.9. The molecule has 2 amide bonds. The summed E-state index contributed by atoms with van der Waals surface area (Å²) in [5, 5.41) is 3.99. The van der Waals surface area contributed by atoms with E-state index in [0.717, 1.165) is 12.0 Å². The number of hydrogen-bond acceptors (Lipinski definition) is 3. The first-order valence-corrected chi connectivity index (χ1v) is 14.0. The van der Waals surface area contributed by atoms with Gasteiger partial charge in [-0.25, -0.2) is 0 Å². The highest BCUT2D eigenvalue weighted by Crippen LogP contribution is 2.26. The summed E-state index contributed by atoms with van der Waals surface area (Å²) in [5.74, 6) is 0.0480.